The molecule has 1 rings (SSSR count). The lowest BCUT2D eigenvalue weighted by atomic mass is 9.90. The number of nitrogens with two attached hydrogens (primary N) is 2. The molecule has 2 heteroatoms. The highest BCUT2D eigenvalue weighted by Gasteiger charge is 2.17. The van der Waals surface area contributed by atoms with Crippen molar-refractivity contribution in [3.63, 3.8) is 0 Å². The predicted octanol–water partition coefficient (Wildman–Crippen LogP) is 0.896. The van der Waals surface area contributed by atoms with Crippen LogP contribution in [0.1, 0.15) is 20.3 Å². The van der Waals surface area contributed by atoms with E-state index in [1.54, 1.807) is 0 Å². The van der Waals surface area contributed by atoms with E-state index < -0.39 is 0 Å². The van der Waals surface area contributed by atoms with Crippen molar-refractivity contribution in [3.8, 4) is 0 Å². The second kappa shape index (κ2) is 2.13. The second-order valence-electron chi connectivity index (χ2n) is 3.20. The lowest BCUT2D eigenvalue weighted by Gasteiger charge is -2.24. The van der Waals surface area contributed by atoms with Crippen molar-refractivity contribution in [1.82, 2.24) is 0 Å². The quantitative estimate of drug-likeness (QED) is 0.522. The fourth-order valence-corrected chi connectivity index (χ4v) is 1.13. The molecule has 0 radical (unpaired) electrons. The van der Waals surface area contributed by atoms with Gasteiger partial charge in [0.15, 0.2) is 0 Å². The maximum Gasteiger partial charge on any atom is 0.0352 e. The Morgan fingerprint density at radius 1 is 1.60 bits per heavy atom. The van der Waals surface area contributed by atoms with Crippen molar-refractivity contribution in [3.05, 3.63) is 23.4 Å². The van der Waals surface area contributed by atoms with Crippen LogP contribution in [0.25, 0.3) is 0 Å². The summed E-state index contributed by atoms with van der Waals surface area (Å²) in [5.74, 6) is 0. The zero-order valence-electron chi connectivity index (χ0n) is 6.52. The first-order chi connectivity index (χ1) is 4.51. The number of hydrogen-bond donors (Lipinski definition) is 2. The van der Waals surface area contributed by atoms with E-state index >= 15 is 0 Å². The first-order valence-electron chi connectivity index (χ1n) is 3.46. The SMILES string of the molecule is CC1=CC(C)(N)CC=C1N. The average molecular weight is 138 g/mol. The average Bonchev–Trinajstić information content (AvgIpc) is 1.79. The molecule has 1 aliphatic rings. The largest absolute Gasteiger partial charge is 0.399 e. The normalized spacial score (nSPS) is 33.1. The zero-order valence-corrected chi connectivity index (χ0v) is 6.52. The fourth-order valence-electron chi connectivity index (χ4n) is 1.13. The fraction of sp³-hybridized carbons (Fsp3) is 0.500. The molecule has 0 fully saturated rings. The van der Waals surface area contributed by atoms with Crippen LogP contribution >= 0.6 is 0 Å². The molecule has 1 unspecified atom stereocenters. The predicted molar refractivity (Wildman–Crippen MR) is 43.2 cm³/mol. The van der Waals surface area contributed by atoms with Crippen LogP contribution in [0.2, 0.25) is 0 Å². The van der Waals surface area contributed by atoms with Crippen molar-refractivity contribution >= 4 is 0 Å². The third-order valence-corrected chi connectivity index (χ3v) is 1.76. The molecule has 0 spiro atoms. The Labute approximate surface area is 61.6 Å². The molecule has 0 saturated carbocycles. The van der Waals surface area contributed by atoms with Gasteiger partial charge in [0.25, 0.3) is 0 Å². The van der Waals surface area contributed by atoms with Crippen LogP contribution in [-0.4, -0.2) is 5.54 Å². The first kappa shape index (κ1) is 7.35. The Bertz CT molecular complexity index is 199. The molecule has 0 saturated heterocycles. The molecule has 0 aliphatic heterocycles. The summed E-state index contributed by atoms with van der Waals surface area (Å²) in [6.45, 7) is 3.98. The van der Waals surface area contributed by atoms with Gasteiger partial charge >= 0.3 is 0 Å². The van der Waals surface area contributed by atoms with E-state index in [0.717, 1.165) is 17.7 Å². The summed E-state index contributed by atoms with van der Waals surface area (Å²) in [7, 11) is 0. The molecule has 0 bridgehead atoms. The van der Waals surface area contributed by atoms with Gasteiger partial charge in [0.2, 0.25) is 0 Å². The molecule has 0 aromatic heterocycles. The molecule has 4 N–H and O–H groups in total. The number of allylic oxidation sites excluding steroid dienone is 1. The van der Waals surface area contributed by atoms with Gasteiger partial charge in [-0.05, 0) is 25.8 Å². The summed E-state index contributed by atoms with van der Waals surface area (Å²) in [6, 6.07) is 0. The van der Waals surface area contributed by atoms with Crippen molar-refractivity contribution < 1.29 is 0 Å². The minimum atomic E-state index is -0.188. The molecule has 1 aliphatic carbocycles. The lowest BCUT2D eigenvalue weighted by molar-refractivity contribution is 0.580. The Morgan fingerprint density at radius 2 is 2.20 bits per heavy atom. The third kappa shape index (κ3) is 1.39. The van der Waals surface area contributed by atoms with Gasteiger partial charge in [-0.15, -0.1) is 0 Å². The van der Waals surface area contributed by atoms with Crippen LogP contribution in [0.15, 0.2) is 23.4 Å². The van der Waals surface area contributed by atoms with Gasteiger partial charge in [-0.3, -0.25) is 0 Å². The van der Waals surface area contributed by atoms with Gasteiger partial charge < -0.3 is 11.5 Å². The Kier molecular flexibility index (Phi) is 1.57. The monoisotopic (exact) mass is 138 g/mol. The molecule has 1 atom stereocenters. The zero-order chi connectivity index (χ0) is 7.78. The minimum absolute atomic E-state index is 0.188. The molecule has 0 heterocycles. The van der Waals surface area contributed by atoms with Crippen LogP contribution in [0.5, 0.6) is 0 Å². The summed E-state index contributed by atoms with van der Waals surface area (Å²) < 4.78 is 0. The number of rotatable bonds is 0. The van der Waals surface area contributed by atoms with Gasteiger partial charge in [0.05, 0.1) is 0 Å². The van der Waals surface area contributed by atoms with Crippen molar-refractivity contribution in [2.45, 2.75) is 25.8 Å². The van der Waals surface area contributed by atoms with Crippen LogP contribution in [0.4, 0.5) is 0 Å². The minimum Gasteiger partial charge on any atom is -0.399 e. The van der Waals surface area contributed by atoms with E-state index in [0.29, 0.717) is 0 Å². The van der Waals surface area contributed by atoms with Crippen LogP contribution in [0, 0.1) is 0 Å². The molecule has 10 heavy (non-hydrogen) atoms. The Hall–Kier alpha value is -0.760. The molecular weight excluding hydrogens is 124 g/mol. The summed E-state index contributed by atoms with van der Waals surface area (Å²) in [5, 5.41) is 0. The van der Waals surface area contributed by atoms with Gasteiger partial charge in [0, 0.05) is 11.2 Å². The van der Waals surface area contributed by atoms with Crippen molar-refractivity contribution in [2.24, 2.45) is 11.5 Å². The van der Waals surface area contributed by atoms with Crippen LogP contribution < -0.4 is 11.5 Å². The molecule has 0 aromatic carbocycles. The van der Waals surface area contributed by atoms with E-state index in [2.05, 4.69) is 0 Å². The van der Waals surface area contributed by atoms with E-state index in [1.165, 1.54) is 0 Å². The topological polar surface area (TPSA) is 52.0 Å². The van der Waals surface area contributed by atoms with E-state index in [4.69, 9.17) is 11.5 Å². The first-order valence-corrected chi connectivity index (χ1v) is 3.46. The van der Waals surface area contributed by atoms with Gasteiger partial charge in [-0.25, -0.2) is 0 Å². The smallest absolute Gasteiger partial charge is 0.0352 e. The van der Waals surface area contributed by atoms with Crippen LogP contribution in [-0.2, 0) is 0 Å². The molecule has 0 aromatic rings. The van der Waals surface area contributed by atoms with Gasteiger partial charge in [-0.2, -0.15) is 0 Å². The standard InChI is InChI=1S/C8H14N2/c1-6-5-8(2,10)4-3-7(6)9/h3,5H,4,9-10H2,1-2H3. The Balaban J connectivity index is 2.87. The second-order valence-corrected chi connectivity index (χ2v) is 3.20. The van der Waals surface area contributed by atoms with E-state index in [1.807, 2.05) is 26.0 Å². The summed E-state index contributed by atoms with van der Waals surface area (Å²) in [6.07, 6.45) is 4.84. The van der Waals surface area contributed by atoms with Crippen LogP contribution in [0.3, 0.4) is 0 Å². The third-order valence-electron chi connectivity index (χ3n) is 1.76. The highest BCUT2D eigenvalue weighted by molar-refractivity contribution is 5.34. The lowest BCUT2D eigenvalue weighted by Crippen LogP contribution is -2.35. The van der Waals surface area contributed by atoms with Crippen molar-refractivity contribution in [2.75, 3.05) is 0 Å². The molecule has 2 nitrogen and oxygen atoms in total. The maximum absolute atomic E-state index is 5.85. The highest BCUT2D eigenvalue weighted by atomic mass is 14.7. The molecule has 0 amide bonds. The summed E-state index contributed by atoms with van der Waals surface area (Å²) in [5.41, 5.74) is 13.3. The summed E-state index contributed by atoms with van der Waals surface area (Å²) in [4.78, 5) is 0. The number of hydrogen-bond acceptors (Lipinski definition) is 2. The van der Waals surface area contributed by atoms with E-state index in [9.17, 15) is 0 Å². The van der Waals surface area contributed by atoms with E-state index in [-0.39, 0.29) is 5.54 Å². The van der Waals surface area contributed by atoms with Crippen molar-refractivity contribution in [1.29, 1.82) is 0 Å². The van der Waals surface area contributed by atoms with Gasteiger partial charge in [-0.1, -0.05) is 12.2 Å². The summed E-state index contributed by atoms with van der Waals surface area (Å²) >= 11 is 0. The van der Waals surface area contributed by atoms with Gasteiger partial charge in [0.1, 0.15) is 0 Å². The molecule has 56 valence electrons. The highest BCUT2D eigenvalue weighted by Crippen LogP contribution is 2.20. The Morgan fingerprint density at radius 3 is 2.60 bits per heavy atom. The molecular formula is C8H14N2. The maximum atomic E-state index is 5.85.